The van der Waals surface area contributed by atoms with Gasteiger partial charge in [0.25, 0.3) is 20.0 Å². The van der Waals surface area contributed by atoms with Crippen molar-refractivity contribution in [3.8, 4) is 0 Å². The summed E-state index contributed by atoms with van der Waals surface area (Å²) < 4.78 is 59.0. The smallest absolute Gasteiger partial charge is 0.407 e. The molecule has 0 spiro atoms. The predicted molar refractivity (Wildman–Crippen MR) is 219 cm³/mol. The molecule has 1 aliphatic rings. The molecule has 4 N–H and O–H groups in total. The summed E-state index contributed by atoms with van der Waals surface area (Å²) in [5.41, 5.74) is 9.72. The van der Waals surface area contributed by atoms with Gasteiger partial charge in [-0.1, -0.05) is 35.4 Å². The average Bonchev–Trinajstić information content (AvgIpc) is 3.92. The summed E-state index contributed by atoms with van der Waals surface area (Å²) in [6.07, 6.45) is 6.27. The van der Waals surface area contributed by atoms with E-state index in [2.05, 4.69) is 30.6 Å². The largest absolute Gasteiger partial charge is 0.444 e. The molecule has 2 aromatic carbocycles. The van der Waals surface area contributed by atoms with Crippen molar-refractivity contribution in [2.24, 2.45) is 5.73 Å². The first-order chi connectivity index (χ1) is 26.9. The number of alkyl carbamates (subject to hydrolysis) is 1. The quantitative estimate of drug-likeness (QED) is 0.182. The first-order valence-corrected chi connectivity index (χ1v) is 21.3. The molecule has 6 aromatic rings. The molecule has 5 heterocycles. The van der Waals surface area contributed by atoms with Crippen molar-refractivity contribution in [1.82, 2.24) is 43.4 Å². The lowest BCUT2D eigenvalue weighted by atomic mass is 10.2. The van der Waals surface area contributed by atoms with Crippen molar-refractivity contribution < 1.29 is 26.4 Å². The SMILES string of the molecule is Cc1ccc(S(=O)(=O)n2ccc3nc(CN)cnc32)cc1.Cc1ccc(S(=O)(=O)n2ccc3nc(CNC(=S)N4CCC(NC(=O)OC(C)(C)C)C4)cnc32)cc1. The van der Waals surface area contributed by atoms with Crippen LogP contribution in [0.2, 0.25) is 0 Å². The van der Waals surface area contributed by atoms with Gasteiger partial charge in [0.15, 0.2) is 16.4 Å². The van der Waals surface area contributed by atoms with E-state index in [0.717, 1.165) is 25.5 Å². The molecule has 57 heavy (non-hydrogen) atoms. The topological polar surface area (TPSA) is 209 Å². The summed E-state index contributed by atoms with van der Waals surface area (Å²) in [5, 5.41) is 6.60. The molecular weight excluding hydrogens is 789 g/mol. The van der Waals surface area contributed by atoms with Crippen LogP contribution in [0.5, 0.6) is 0 Å². The first kappa shape index (κ1) is 41.1. The summed E-state index contributed by atoms with van der Waals surface area (Å²) in [5.74, 6) is 0. The standard InChI is InChI=1S/C24H30N6O4S2.C14H14N4O2S/c1-16-5-7-19(8-6-16)36(32,33)30-12-10-20-21(30)25-13-18(27-20)14-26-22(35)29-11-9-17(15-29)28-23(31)34-24(2,3)4;1-10-2-4-12(5-3-10)21(19,20)18-7-6-13-14(18)16-9-11(8-15)17-13/h5-8,10,12-13,17H,9,11,14-15H2,1-4H3,(H,26,35)(H,28,31);2-7,9H,8,15H2,1H3. The Bertz CT molecular complexity index is 2640. The Morgan fingerprint density at radius 1 is 0.825 bits per heavy atom. The lowest BCUT2D eigenvalue weighted by Gasteiger charge is -2.23. The Morgan fingerprint density at radius 3 is 1.81 bits per heavy atom. The molecule has 1 saturated heterocycles. The summed E-state index contributed by atoms with van der Waals surface area (Å²) >= 11 is 5.52. The molecule has 4 aromatic heterocycles. The van der Waals surface area contributed by atoms with E-state index in [1.807, 2.05) is 39.5 Å². The van der Waals surface area contributed by atoms with E-state index in [0.29, 0.717) is 52.8 Å². The van der Waals surface area contributed by atoms with Gasteiger partial charge in [-0.2, -0.15) is 0 Å². The second-order valence-corrected chi connectivity index (χ2v) is 18.5. The van der Waals surface area contributed by atoms with Crippen LogP contribution in [0, 0.1) is 13.8 Å². The number of fused-ring (bicyclic) bond motifs is 2. The Hall–Kier alpha value is -5.50. The van der Waals surface area contributed by atoms with Crippen LogP contribution >= 0.6 is 12.2 Å². The lowest BCUT2D eigenvalue weighted by Crippen LogP contribution is -2.43. The van der Waals surface area contributed by atoms with E-state index in [1.54, 1.807) is 60.7 Å². The van der Waals surface area contributed by atoms with Gasteiger partial charge in [0.05, 0.1) is 46.2 Å². The number of aryl methyl sites for hydroxylation is 2. The van der Waals surface area contributed by atoms with Gasteiger partial charge < -0.3 is 26.0 Å². The second kappa shape index (κ2) is 16.5. The van der Waals surface area contributed by atoms with Crippen LogP contribution in [-0.2, 0) is 37.9 Å². The van der Waals surface area contributed by atoms with Crippen molar-refractivity contribution in [3.63, 3.8) is 0 Å². The van der Waals surface area contributed by atoms with E-state index in [4.69, 9.17) is 22.7 Å². The van der Waals surface area contributed by atoms with Gasteiger partial charge in [0.1, 0.15) is 16.6 Å². The molecule has 16 nitrogen and oxygen atoms in total. The number of nitrogens with one attached hydrogen (secondary N) is 2. The minimum Gasteiger partial charge on any atom is -0.444 e. The maximum atomic E-state index is 13.1. The van der Waals surface area contributed by atoms with E-state index in [-0.39, 0.29) is 28.0 Å². The number of thiocarbonyl (C=S) groups is 1. The maximum absolute atomic E-state index is 13.1. The number of nitrogens with zero attached hydrogens (tertiary/aromatic N) is 7. The van der Waals surface area contributed by atoms with Crippen LogP contribution in [0.1, 0.15) is 49.7 Å². The van der Waals surface area contributed by atoms with Gasteiger partial charge in [-0.05, 0) is 89.7 Å². The zero-order valence-corrected chi connectivity index (χ0v) is 34.5. The third-order valence-electron chi connectivity index (χ3n) is 8.79. The number of likely N-dealkylation sites (tertiary alicyclic amines) is 1. The normalized spacial score (nSPS) is 14.6. The number of carbonyl (C=O) groups excluding carboxylic acids is 1. The number of rotatable bonds is 8. The Kier molecular flexibility index (Phi) is 11.9. The van der Waals surface area contributed by atoms with Crippen molar-refractivity contribution >= 4 is 65.8 Å². The minimum atomic E-state index is -3.78. The predicted octanol–water partition coefficient (Wildman–Crippen LogP) is 4.39. The number of benzene rings is 2. The van der Waals surface area contributed by atoms with Crippen LogP contribution < -0.4 is 16.4 Å². The van der Waals surface area contributed by atoms with Gasteiger partial charge in [-0.15, -0.1) is 0 Å². The van der Waals surface area contributed by atoms with Gasteiger partial charge in [0.2, 0.25) is 0 Å². The maximum Gasteiger partial charge on any atom is 0.407 e. The Morgan fingerprint density at radius 2 is 1.32 bits per heavy atom. The molecule has 1 unspecified atom stereocenters. The van der Waals surface area contributed by atoms with Crippen LogP contribution in [0.25, 0.3) is 22.3 Å². The number of hydrogen-bond acceptors (Lipinski definition) is 12. The third-order valence-corrected chi connectivity index (χ3v) is 12.6. The van der Waals surface area contributed by atoms with Crippen molar-refractivity contribution in [3.05, 3.63) is 108 Å². The van der Waals surface area contributed by atoms with E-state index in [9.17, 15) is 21.6 Å². The summed E-state index contributed by atoms with van der Waals surface area (Å²) in [4.78, 5) is 31.7. The minimum absolute atomic E-state index is 0.0500. The zero-order valence-electron chi connectivity index (χ0n) is 32.1. The molecule has 1 fully saturated rings. The van der Waals surface area contributed by atoms with Gasteiger partial charge >= 0.3 is 6.09 Å². The highest BCUT2D eigenvalue weighted by atomic mass is 32.2. The fraction of sp³-hybridized carbons (Fsp3) is 0.316. The number of ether oxygens (including phenoxy) is 1. The highest BCUT2D eigenvalue weighted by molar-refractivity contribution is 7.90. The highest BCUT2D eigenvalue weighted by Gasteiger charge is 2.28. The summed E-state index contributed by atoms with van der Waals surface area (Å²) in [7, 11) is -7.46. The first-order valence-electron chi connectivity index (χ1n) is 18.0. The molecule has 300 valence electrons. The van der Waals surface area contributed by atoms with Crippen molar-refractivity contribution in [2.75, 3.05) is 13.1 Å². The van der Waals surface area contributed by atoms with Gasteiger partial charge in [-0.25, -0.2) is 49.5 Å². The monoisotopic (exact) mass is 832 g/mol. The number of amides is 1. The number of nitrogens with two attached hydrogens (primary N) is 1. The fourth-order valence-electron chi connectivity index (χ4n) is 5.89. The van der Waals surface area contributed by atoms with Gasteiger partial charge in [0, 0.05) is 32.0 Å². The van der Waals surface area contributed by atoms with Crippen LogP contribution in [0.15, 0.2) is 95.2 Å². The Labute approximate surface area is 336 Å². The molecule has 0 saturated carbocycles. The highest BCUT2D eigenvalue weighted by Crippen LogP contribution is 2.22. The van der Waals surface area contributed by atoms with E-state index < -0.39 is 31.7 Å². The second-order valence-electron chi connectivity index (χ2n) is 14.4. The molecule has 19 heteroatoms. The molecule has 1 atom stereocenters. The fourth-order valence-corrected chi connectivity index (χ4v) is 8.72. The number of aromatic nitrogens is 6. The summed E-state index contributed by atoms with van der Waals surface area (Å²) in [6.45, 7) is 11.2. The Balaban J connectivity index is 0.000000221. The van der Waals surface area contributed by atoms with Gasteiger partial charge in [-0.3, -0.25) is 0 Å². The molecule has 0 aliphatic carbocycles. The molecule has 7 rings (SSSR count). The molecule has 0 bridgehead atoms. The van der Waals surface area contributed by atoms with Crippen LogP contribution in [-0.4, -0.2) is 85.6 Å². The number of carbonyl (C=O) groups is 1. The van der Waals surface area contributed by atoms with E-state index >= 15 is 0 Å². The van der Waals surface area contributed by atoms with Crippen LogP contribution in [0.3, 0.4) is 0 Å². The summed E-state index contributed by atoms with van der Waals surface area (Å²) in [6, 6.07) is 16.6. The molecule has 1 aliphatic heterocycles. The van der Waals surface area contributed by atoms with Crippen molar-refractivity contribution in [1.29, 1.82) is 0 Å². The molecular formula is C38H44N10O6S3. The van der Waals surface area contributed by atoms with Crippen molar-refractivity contribution in [2.45, 2.75) is 75.6 Å². The third kappa shape index (κ3) is 9.55. The average molecular weight is 833 g/mol. The van der Waals surface area contributed by atoms with E-state index in [1.165, 1.54) is 24.8 Å². The molecule has 0 radical (unpaired) electrons. The van der Waals surface area contributed by atoms with Crippen LogP contribution in [0.4, 0.5) is 4.79 Å². The lowest BCUT2D eigenvalue weighted by molar-refractivity contribution is 0.0507. The molecule has 1 amide bonds. The number of hydrogen-bond donors (Lipinski definition) is 3. The zero-order chi connectivity index (χ0) is 41.1.